The summed E-state index contributed by atoms with van der Waals surface area (Å²) in [5.74, 6) is 0.477. The SMILES string of the molecule is CC[C@@H]1COc2cc(Nc3ccccc3)ccc2N1CC(F)(F)F. The lowest BCUT2D eigenvalue weighted by Crippen LogP contribution is -2.47. The number of ether oxygens (including phenoxy) is 1. The van der Waals surface area contributed by atoms with E-state index in [4.69, 9.17) is 4.74 Å². The molecule has 1 atom stereocenters. The Labute approximate surface area is 139 Å². The maximum absolute atomic E-state index is 12.9. The number of benzene rings is 2. The van der Waals surface area contributed by atoms with Gasteiger partial charge in [0.15, 0.2) is 0 Å². The fourth-order valence-corrected chi connectivity index (χ4v) is 2.85. The maximum atomic E-state index is 12.9. The molecule has 1 aliphatic heterocycles. The molecule has 6 heteroatoms. The molecule has 0 radical (unpaired) electrons. The summed E-state index contributed by atoms with van der Waals surface area (Å²) < 4.78 is 44.4. The molecule has 0 amide bonds. The molecule has 0 aliphatic carbocycles. The molecule has 0 fully saturated rings. The Morgan fingerprint density at radius 1 is 1.12 bits per heavy atom. The lowest BCUT2D eigenvalue weighted by molar-refractivity contribution is -0.121. The first-order valence-corrected chi connectivity index (χ1v) is 7.88. The summed E-state index contributed by atoms with van der Waals surface area (Å²) >= 11 is 0. The fraction of sp³-hybridized carbons (Fsp3) is 0.333. The number of anilines is 3. The van der Waals surface area contributed by atoms with Crippen LogP contribution >= 0.6 is 0 Å². The molecule has 0 aromatic heterocycles. The summed E-state index contributed by atoms with van der Waals surface area (Å²) in [7, 11) is 0. The van der Waals surface area contributed by atoms with Gasteiger partial charge in [-0.15, -0.1) is 0 Å². The highest BCUT2D eigenvalue weighted by molar-refractivity contribution is 5.70. The van der Waals surface area contributed by atoms with Gasteiger partial charge >= 0.3 is 6.18 Å². The van der Waals surface area contributed by atoms with Gasteiger partial charge in [0.2, 0.25) is 0 Å². The van der Waals surface area contributed by atoms with Crippen molar-refractivity contribution < 1.29 is 17.9 Å². The molecule has 0 saturated heterocycles. The minimum atomic E-state index is -4.25. The maximum Gasteiger partial charge on any atom is 0.405 e. The van der Waals surface area contributed by atoms with Crippen LogP contribution in [0, 0.1) is 0 Å². The summed E-state index contributed by atoms with van der Waals surface area (Å²) in [4.78, 5) is 1.39. The Hall–Kier alpha value is -2.37. The summed E-state index contributed by atoms with van der Waals surface area (Å²) in [6.07, 6.45) is -3.65. The van der Waals surface area contributed by atoms with Gasteiger partial charge in [0.25, 0.3) is 0 Å². The Morgan fingerprint density at radius 3 is 2.54 bits per heavy atom. The molecule has 1 heterocycles. The second-order valence-electron chi connectivity index (χ2n) is 5.79. The van der Waals surface area contributed by atoms with Crippen LogP contribution in [0.5, 0.6) is 5.75 Å². The summed E-state index contributed by atoms with van der Waals surface area (Å²) in [5, 5.41) is 3.22. The Bertz CT molecular complexity index is 688. The number of rotatable bonds is 4. The van der Waals surface area contributed by atoms with Crippen LogP contribution in [-0.4, -0.2) is 25.4 Å². The Kier molecular flexibility index (Phi) is 4.55. The average Bonchev–Trinajstić information content (AvgIpc) is 2.54. The zero-order chi connectivity index (χ0) is 17.2. The van der Waals surface area contributed by atoms with Crippen molar-refractivity contribution >= 4 is 17.1 Å². The van der Waals surface area contributed by atoms with Gasteiger partial charge in [0.1, 0.15) is 18.9 Å². The number of nitrogens with zero attached hydrogens (tertiary/aromatic N) is 1. The molecule has 0 bridgehead atoms. The highest BCUT2D eigenvalue weighted by Gasteiger charge is 2.36. The van der Waals surface area contributed by atoms with E-state index >= 15 is 0 Å². The molecule has 2 aromatic rings. The number of para-hydroxylation sites is 1. The molecule has 24 heavy (non-hydrogen) atoms. The van der Waals surface area contributed by atoms with E-state index in [9.17, 15) is 13.2 Å². The van der Waals surface area contributed by atoms with Gasteiger partial charge in [-0.25, -0.2) is 0 Å². The number of fused-ring (bicyclic) bond motifs is 1. The number of alkyl halides is 3. The molecular weight excluding hydrogens is 317 g/mol. The minimum absolute atomic E-state index is 0.258. The predicted octanol–water partition coefficient (Wildman–Crippen LogP) is 4.97. The number of nitrogens with one attached hydrogen (secondary N) is 1. The minimum Gasteiger partial charge on any atom is -0.489 e. The first-order valence-electron chi connectivity index (χ1n) is 7.88. The third-order valence-electron chi connectivity index (χ3n) is 4.02. The highest BCUT2D eigenvalue weighted by atomic mass is 19.4. The molecule has 1 aliphatic rings. The van der Waals surface area contributed by atoms with Crippen LogP contribution in [0.2, 0.25) is 0 Å². The van der Waals surface area contributed by atoms with Crippen molar-refractivity contribution in [2.75, 3.05) is 23.4 Å². The highest BCUT2D eigenvalue weighted by Crippen LogP contribution is 2.38. The third-order valence-corrected chi connectivity index (χ3v) is 4.02. The Balaban J connectivity index is 1.86. The van der Waals surface area contributed by atoms with Crippen LogP contribution in [0.3, 0.4) is 0 Å². The summed E-state index contributed by atoms with van der Waals surface area (Å²) in [6, 6.07) is 14.5. The molecule has 0 unspecified atom stereocenters. The van der Waals surface area contributed by atoms with Crippen LogP contribution in [-0.2, 0) is 0 Å². The molecule has 0 spiro atoms. The number of hydrogen-bond acceptors (Lipinski definition) is 3. The number of halogens is 3. The van der Waals surface area contributed by atoms with Gasteiger partial charge < -0.3 is 15.0 Å². The predicted molar refractivity (Wildman–Crippen MR) is 89.1 cm³/mol. The first kappa shape index (κ1) is 16.5. The summed E-state index contributed by atoms with van der Waals surface area (Å²) in [5.41, 5.74) is 2.18. The van der Waals surface area contributed by atoms with Crippen molar-refractivity contribution in [2.24, 2.45) is 0 Å². The summed E-state index contributed by atoms with van der Waals surface area (Å²) in [6.45, 7) is 1.16. The topological polar surface area (TPSA) is 24.5 Å². The van der Waals surface area contributed by atoms with Gasteiger partial charge in [0, 0.05) is 17.4 Å². The van der Waals surface area contributed by atoms with Gasteiger partial charge in [-0.2, -0.15) is 13.2 Å². The quantitative estimate of drug-likeness (QED) is 0.853. The normalized spacial score (nSPS) is 17.2. The van der Waals surface area contributed by atoms with Crippen LogP contribution < -0.4 is 15.0 Å². The largest absolute Gasteiger partial charge is 0.489 e. The van der Waals surface area contributed by atoms with E-state index in [-0.39, 0.29) is 12.6 Å². The van der Waals surface area contributed by atoms with Gasteiger partial charge in [-0.3, -0.25) is 0 Å². The van der Waals surface area contributed by atoms with E-state index in [2.05, 4.69) is 5.32 Å². The molecule has 1 N–H and O–H groups in total. The molecular formula is C18H19F3N2O. The van der Waals surface area contributed by atoms with Crippen LogP contribution in [0.25, 0.3) is 0 Å². The third kappa shape index (κ3) is 3.75. The van der Waals surface area contributed by atoms with Gasteiger partial charge in [-0.05, 0) is 30.7 Å². The standard InChI is InChI=1S/C18H19F3N2O/c1-2-15-11-24-17-10-14(22-13-6-4-3-5-7-13)8-9-16(17)23(15)12-18(19,20)21/h3-10,15,22H,2,11-12H2,1H3/t15-/m1/s1. The van der Waals surface area contributed by atoms with E-state index in [1.807, 2.05) is 37.3 Å². The zero-order valence-electron chi connectivity index (χ0n) is 13.3. The zero-order valence-corrected chi connectivity index (χ0v) is 13.3. The van der Waals surface area contributed by atoms with Crippen molar-refractivity contribution in [3.63, 3.8) is 0 Å². The molecule has 0 saturated carbocycles. The lowest BCUT2D eigenvalue weighted by atomic mass is 10.1. The average molecular weight is 336 g/mol. The van der Waals surface area contributed by atoms with Crippen molar-refractivity contribution in [1.29, 1.82) is 0 Å². The van der Waals surface area contributed by atoms with Gasteiger partial charge in [0.05, 0.1) is 11.7 Å². The molecule has 3 nitrogen and oxygen atoms in total. The molecule has 2 aromatic carbocycles. The number of hydrogen-bond donors (Lipinski definition) is 1. The second-order valence-corrected chi connectivity index (χ2v) is 5.79. The lowest BCUT2D eigenvalue weighted by Gasteiger charge is -2.38. The van der Waals surface area contributed by atoms with Crippen LogP contribution in [0.4, 0.5) is 30.2 Å². The van der Waals surface area contributed by atoms with Crippen LogP contribution in [0.1, 0.15) is 13.3 Å². The molecule has 128 valence electrons. The van der Waals surface area contributed by atoms with Crippen molar-refractivity contribution in [3.05, 3.63) is 48.5 Å². The van der Waals surface area contributed by atoms with E-state index in [1.54, 1.807) is 18.2 Å². The van der Waals surface area contributed by atoms with E-state index in [0.717, 1.165) is 11.4 Å². The van der Waals surface area contributed by atoms with Crippen molar-refractivity contribution in [1.82, 2.24) is 0 Å². The van der Waals surface area contributed by atoms with E-state index < -0.39 is 12.7 Å². The van der Waals surface area contributed by atoms with E-state index in [1.165, 1.54) is 4.90 Å². The second kappa shape index (κ2) is 6.63. The Morgan fingerprint density at radius 2 is 1.88 bits per heavy atom. The molecule has 3 rings (SSSR count). The van der Waals surface area contributed by atoms with Crippen LogP contribution in [0.15, 0.2) is 48.5 Å². The van der Waals surface area contributed by atoms with Crippen molar-refractivity contribution in [3.8, 4) is 5.75 Å². The first-order chi connectivity index (χ1) is 11.5. The van der Waals surface area contributed by atoms with Crippen molar-refractivity contribution in [2.45, 2.75) is 25.6 Å². The van der Waals surface area contributed by atoms with E-state index in [0.29, 0.717) is 17.9 Å². The van der Waals surface area contributed by atoms with Gasteiger partial charge in [-0.1, -0.05) is 25.1 Å². The monoisotopic (exact) mass is 336 g/mol. The fourth-order valence-electron chi connectivity index (χ4n) is 2.85. The smallest absolute Gasteiger partial charge is 0.405 e.